The number of anilines is 5. The van der Waals surface area contributed by atoms with E-state index in [0.717, 1.165) is 0 Å². The lowest BCUT2D eigenvalue weighted by Crippen LogP contribution is -2.29. The molecule has 210 valence electrons. The van der Waals surface area contributed by atoms with Crippen LogP contribution in [-0.2, 0) is 4.79 Å². The lowest BCUT2D eigenvalue weighted by atomic mass is 10.2. The summed E-state index contributed by atoms with van der Waals surface area (Å²) in [7, 11) is 0. The highest BCUT2D eigenvalue weighted by molar-refractivity contribution is 6.07. The number of carbonyl (C=O) groups is 4. The second-order valence-corrected chi connectivity index (χ2v) is 8.92. The molecular weight excluding hydrogens is 540 g/mol. The van der Waals surface area contributed by atoms with Crippen LogP contribution in [0.25, 0.3) is 11.0 Å². The van der Waals surface area contributed by atoms with Crippen LogP contribution in [-0.4, -0.2) is 50.4 Å². The molecule has 0 unspecified atom stereocenters. The number of carbonyl (C=O) groups excluding carboxylic acids is 3. The van der Waals surface area contributed by atoms with Crippen LogP contribution in [0.15, 0.2) is 91.3 Å². The Morgan fingerprint density at radius 2 is 1.33 bits per heavy atom. The van der Waals surface area contributed by atoms with Crippen molar-refractivity contribution >= 4 is 63.4 Å². The van der Waals surface area contributed by atoms with Gasteiger partial charge in [0.05, 0.1) is 5.39 Å². The molecule has 42 heavy (non-hydrogen) atoms. The Labute approximate surface area is 238 Å². The van der Waals surface area contributed by atoms with Crippen LogP contribution in [0, 0.1) is 0 Å². The maximum absolute atomic E-state index is 12.9. The number of aromatic nitrogens is 3. The summed E-state index contributed by atoms with van der Waals surface area (Å²) >= 11 is 0. The van der Waals surface area contributed by atoms with Crippen molar-refractivity contribution in [3.05, 3.63) is 103 Å². The van der Waals surface area contributed by atoms with Gasteiger partial charge in [-0.1, -0.05) is 18.2 Å². The Morgan fingerprint density at radius 3 is 2.02 bits per heavy atom. The van der Waals surface area contributed by atoms with Gasteiger partial charge in [-0.15, -0.1) is 0 Å². The molecule has 0 bridgehead atoms. The number of carboxylic acids is 1. The van der Waals surface area contributed by atoms with Gasteiger partial charge in [0.25, 0.3) is 11.8 Å². The van der Waals surface area contributed by atoms with Crippen molar-refractivity contribution < 1.29 is 24.3 Å². The van der Waals surface area contributed by atoms with Crippen LogP contribution < -0.4 is 26.6 Å². The number of aliphatic carboxylic acids is 1. The Hall–Kier alpha value is -6.24. The van der Waals surface area contributed by atoms with Crippen LogP contribution in [0.5, 0.6) is 0 Å². The van der Waals surface area contributed by atoms with Gasteiger partial charge in [-0.25, -0.2) is 14.8 Å². The lowest BCUT2D eigenvalue weighted by Gasteiger charge is -2.09. The number of fused-ring (bicyclic) bond motifs is 1. The number of urea groups is 1. The molecule has 4 amide bonds. The summed E-state index contributed by atoms with van der Waals surface area (Å²) in [4.78, 5) is 59.2. The normalized spacial score (nSPS) is 10.5. The molecule has 0 fully saturated rings. The second kappa shape index (κ2) is 12.3. The van der Waals surface area contributed by atoms with Crippen molar-refractivity contribution in [3.63, 3.8) is 0 Å². The summed E-state index contributed by atoms with van der Waals surface area (Å²) in [6.07, 6.45) is 1.36. The molecule has 0 saturated carbocycles. The van der Waals surface area contributed by atoms with Gasteiger partial charge < -0.3 is 36.7 Å². The average molecular weight is 565 g/mol. The van der Waals surface area contributed by atoms with Gasteiger partial charge in [-0.05, 0) is 66.7 Å². The minimum Gasteiger partial charge on any atom is -0.480 e. The molecule has 2 aromatic heterocycles. The molecule has 0 aliphatic carbocycles. The standard InChI is InChI=1S/C29H24N8O5/c38-24(39)15-30-27(40)17-6-8-20(9-7-17)34-28(41)23-14-22-25(31-16-32-26(22)37-23)33-19-10-12-21(13-11-19)36-29(42)35-18-4-2-1-3-5-18/h1-14,16H,15H2,(H,30,40)(H,34,41)(H,38,39)(H2,35,36,42)(H2,31,32,33,37). The first-order valence-corrected chi connectivity index (χ1v) is 12.6. The summed E-state index contributed by atoms with van der Waals surface area (Å²) in [6, 6.07) is 23.4. The van der Waals surface area contributed by atoms with Crippen LogP contribution in [0.1, 0.15) is 20.8 Å². The monoisotopic (exact) mass is 564 g/mol. The first-order valence-electron chi connectivity index (χ1n) is 12.6. The van der Waals surface area contributed by atoms with E-state index in [4.69, 9.17) is 5.11 Å². The number of aromatic amines is 1. The van der Waals surface area contributed by atoms with E-state index in [1.165, 1.54) is 30.6 Å². The van der Waals surface area contributed by atoms with Gasteiger partial charge in [0, 0.05) is 28.3 Å². The van der Waals surface area contributed by atoms with Gasteiger partial charge in [0.15, 0.2) is 0 Å². The van der Waals surface area contributed by atoms with E-state index in [1.807, 2.05) is 18.2 Å². The Kier molecular flexibility index (Phi) is 8.00. The maximum Gasteiger partial charge on any atom is 0.323 e. The predicted octanol–water partition coefficient (Wildman–Crippen LogP) is 4.41. The highest BCUT2D eigenvalue weighted by Gasteiger charge is 2.15. The Morgan fingerprint density at radius 1 is 0.714 bits per heavy atom. The summed E-state index contributed by atoms with van der Waals surface area (Å²) < 4.78 is 0. The summed E-state index contributed by atoms with van der Waals surface area (Å²) in [5.41, 5.74) is 3.34. The molecule has 3 aromatic carbocycles. The third-order valence-corrected chi connectivity index (χ3v) is 5.91. The summed E-state index contributed by atoms with van der Waals surface area (Å²) in [5.74, 6) is -1.66. The molecule has 13 nitrogen and oxygen atoms in total. The molecule has 2 heterocycles. The van der Waals surface area contributed by atoms with E-state index < -0.39 is 24.3 Å². The molecule has 5 rings (SSSR count). The number of hydrogen-bond acceptors (Lipinski definition) is 7. The van der Waals surface area contributed by atoms with Gasteiger partial charge in [0.1, 0.15) is 30.0 Å². The molecule has 0 radical (unpaired) electrons. The van der Waals surface area contributed by atoms with Crippen LogP contribution >= 0.6 is 0 Å². The zero-order chi connectivity index (χ0) is 29.5. The molecule has 7 N–H and O–H groups in total. The molecule has 5 aromatic rings. The minimum atomic E-state index is -1.15. The number of nitrogens with one attached hydrogen (secondary N) is 6. The van der Waals surface area contributed by atoms with E-state index in [2.05, 4.69) is 41.5 Å². The third kappa shape index (κ3) is 6.84. The fourth-order valence-corrected chi connectivity index (χ4v) is 3.91. The van der Waals surface area contributed by atoms with Gasteiger partial charge >= 0.3 is 12.0 Å². The average Bonchev–Trinajstić information content (AvgIpc) is 3.44. The largest absolute Gasteiger partial charge is 0.480 e. The lowest BCUT2D eigenvalue weighted by molar-refractivity contribution is -0.135. The highest BCUT2D eigenvalue weighted by atomic mass is 16.4. The Bertz CT molecular complexity index is 1750. The van der Waals surface area contributed by atoms with Gasteiger partial charge in [-0.3, -0.25) is 14.4 Å². The molecule has 0 aliphatic heterocycles. The van der Waals surface area contributed by atoms with Crippen molar-refractivity contribution in [3.8, 4) is 0 Å². The van der Waals surface area contributed by atoms with Gasteiger partial charge in [0.2, 0.25) is 0 Å². The molecule has 0 aliphatic rings. The number of rotatable bonds is 9. The van der Waals surface area contributed by atoms with E-state index in [-0.39, 0.29) is 17.3 Å². The number of para-hydroxylation sites is 1. The van der Waals surface area contributed by atoms with Crippen molar-refractivity contribution in [1.82, 2.24) is 20.3 Å². The van der Waals surface area contributed by atoms with Crippen molar-refractivity contribution in [2.45, 2.75) is 0 Å². The zero-order valence-electron chi connectivity index (χ0n) is 21.8. The van der Waals surface area contributed by atoms with Crippen LogP contribution in [0.4, 0.5) is 33.4 Å². The quantitative estimate of drug-likeness (QED) is 0.137. The number of hydrogen-bond donors (Lipinski definition) is 7. The SMILES string of the molecule is O=C(O)CNC(=O)c1ccc(NC(=O)c2cc3c(Nc4ccc(NC(=O)Nc5ccccc5)cc4)ncnc3[nH]2)cc1. The number of amides is 4. The molecule has 0 atom stereocenters. The molecule has 13 heteroatoms. The predicted molar refractivity (Wildman–Crippen MR) is 157 cm³/mol. The van der Waals surface area contributed by atoms with Crippen molar-refractivity contribution in [2.24, 2.45) is 0 Å². The molecule has 0 spiro atoms. The van der Waals surface area contributed by atoms with Crippen LogP contribution in [0.2, 0.25) is 0 Å². The topological polar surface area (TPSA) is 190 Å². The number of H-pyrrole nitrogens is 1. The molecular formula is C29H24N8O5. The number of benzene rings is 3. The Balaban J connectivity index is 1.22. The summed E-state index contributed by atoms with van der Waals surface area (Å²) in [6.45, 7) is -0.492. The van der Waals surface area contributed by atoms with Crippen LogP contribution in [0.3, 0.4) is 0 Å². The smallest absolute Gasteiger partial charge is 0.323 e. The maximum atomic E-state index is 12.9. The zero-order valence-corrected chi connectivity index (χ0v) is 21.8. The van der Waals surface area contributed by atoms with E-state index in [9.17, 15) is 19.2 Å². The van der Waals surface area contributed by atoms with Gasteiger partial charge in [-0.2, -0.15) is 0 Å². The van der Waals surface area contributed by atoms with E-state index in [0.29, 0.717) is 39.6 Å². The summed E-state index contributed by atoms with van der Waals surface area (Å²) in [5, 5.41) is 23.0. The third-order valence-electron chi connectivity index (χ3n) is 5.91. The van der Waals surface area contributed by atoms with E-state index >= 15 is 0 Å². The minimum absolute atomic E-state index is 0.237. The first-order chi connectivity index (χ1) is 20.3. The van der Waals surface area contributed by atoms with E-state index in [1.54, 1.807) is 42.5 Å². The fourth-order valence-electron chi connectivity index (χ4n) is 3.91. The molecule has 0 saturated heterocycles. The number of nitrogens with zero attached hydrogens (tertiary/aromatic N) is 2. The first kappa shape index (κ1) is 27.3. The highest BCUT2D eigenvalue weighted by Crippen LogP contribution is 2.25. The van der Waals surface area contributed by atoms with Crippen molar-refractivity contribution in [1.29, 1.82) is 0 Å². The fraction of sp³-hybridized carbons (Fsp3) is 0.0345. The second-order valence-electron chi connectivity index (χ2n) is 8.92. The number of carboxylic acid groups (broad SMARTS) is 1. The van der Waals surface area contributed by atoms with Crippen molar-refractivity contribution in [2.75, 3.05) is 27.8 Å².